The summed E-state index contributed by atoms with van der Waals surface area (Å²) in [5.41, 5.74) is 4.46. The van der Waals surface area contributed by atoms with Gasteiger partial charge in [0, 0.05) is 23.7 Å². The molecule has 3 aromatic rings. The summed E-state index contributed by atoms with van der Waals surface area (Å²) >= 11 is 0. The summed E-state index contributed by atoms with van der Waals surface area (Å²) in [7, 11) is 3.59. The minimum absolute atomic E-state index is 0.0169. The van der Waals surface area contributed by atoms with E-state index in [1.54, 1.807) is 6.20 Å². The van der Waals surface area contributed by atoms with Gasteiger partial charge in [0.15, 0.2) is 5.82 Å². The van der Waals surface area contributed by atoms with Gasteiger partial charge in [0.25, 0.3) is 0 Å². The van der Waals surface area contributed by atoms with Crippen molar-refractivity contribution < 1.29 is 13.9 Å². The van der Waals surface area contributed by atoms with Crippen LogP contribution in [0.4, 0.5) is 4.39 Å². The van der Waals surface area contributed by atoms with Crippen LogP contribution in [0.5, 0.6) is 5.88 Å². The van der Waals surface area contributed by atoms with Crippen LogP contribution < -0.4 is 4.74 Å². The van der Waals surface area contributed by atoms with Crippen molar-refractivity contribution in [3.63, 3.8) is 0 Å². The molecule has 5 rings (SSSR count). The molecule has 2 aliphatic heterocycles. The lowest BCUT2D eigenvalue weighted by Crippen LogP contribution is -2.33. The van der Waals surface area contributed by atoms with Gasteiger partial charge < -0.3 is 14.4 Å². The Morgan fingerprint density at radius 1 is 1.18 bits per heavy atom. The zero-order valence-corrected chi connectivity index (χ0v) is 19.5. The molecule has 0 saturated carbocycles. The summed E-state index contributed by atoms with van der Waals surface area (Å²) < 4.78 is 29.1. The molecule has 33 heavy (non-hydrogen) atoms. The molecule has 9 heteroatoms. The lowest BCUT2D eigenvalue weighted by atomic mass is 9.91. The van der Waals surface area contributed by atoms with Crippen LogP contribution in [0.25, 0.3) is 16.9 Å². The van der Waals surface area contributed by atoms with Crippen molar-refractivity contribution in [2.45, 2.75) is 38.6 Å². The van der Waals surface area contributed by atoms with Gasteiger partial charge in [0.05, 0.1) is 50.1 Å². The second-order valence-corrected chi connectivity index (χ2v) is 9.07. The maximum absolute atomic E-state index is 14.4. The van der Waals surface area contributed by atoms with Crippen LogP contribution in [-0.2, 0) is 17.6 Å². The number of ether oxygens (including phenoxy) is 2. The van der Waals surface area contributed by atoms with E-state index < -0.39 is 5.82 Å². The van der Waals surface area contributed by atoms with Gasteiger partial charge in [-0.05, 0) is 58.3 Å². The molecule has 2 aliphatic rings. The van der Waals surface area contributed by atoms with Crippen LogP contribution in [0.15, 0.2) is 24.7 Å². The smallest absolute Gasteiger partial charge is 0.250 e. The van der Waals surface area contributed by atoms with Gasteiger partial charge in [-0.25, -0.2) is 14.1 Å². The fraction of sp³-hybridized carbons (Fsp3) is 0.542. The number of aromatic nitrogens is 5. The number of halogens is 1. The van der Waals surface area contributed by atoms with Crippen molar-refractivity contribution in [1.29, 1.82) is 0 Å². The number of hydrogen-bond acceptors (Lipinski definition) is 6. The third kappa shape index (κ3) is 4.27. The molecule has 0 spiro atoms. The van der Waals surface area contributed by atoms with Gasteiger partial charge in [0.2, 0.25) is 5.88 Å². The van der Waals surface area contributed by atoms with Gasteiger partial charge in [0.1, 0.15) is 5.69 Å². The number of rotatable bonds is 5. The largest absolute Gasteiger partial charge is 0.479 e. The van der Waals surface area contributed by atoms with Gasteiger partial charge in [-0.3, -0.25) is 4.68 Å². The average molecular weight is 455 g/mol. The van der Waals surface area contributed by atoms with Crippen LogP contribution in [-0.4, -0.2) is 69.9 Å². The molecule has 0 aromatic carbocycles. The van der Waals surface area contributed by atoms with Crippen molar-refractivity contribution in [3.8, 4) is 22.8 Å². The first-order chi connectivity index (χ1) is 16.0. The monoisotopic (exact) mass is 454 g/mol. The topological polar surface area (TPSA) is 70.2 Å². The number of nitrogens with zero attached hydrogens (tertiary/aromatic N) is 6. The van der Waals surface area contributed by atoms with Crippen LogP contribution in [0, 0.1) is 11.7 Å². The predicted molar refractivity (Wildman–Crippen MR) is 122 cm³/mol. The molecule has 0 N–H and O–H groups in total. The van der Waals surface area contributed by atoms with Crippen molar-refractivity contribution in [2.24, 2.45) is 5.92 Å². The highest BCUT2D eigenvalue weighted by Gasteiger charge is 2.26. The van der Waals surface area contributed by atoms with E-state index in [0.29, 0.717) is 30.7 Å². The quantitative estimate of drug-likeness (QED) is 0.589. The Morgan fingerprint density at radius 3 is 2.73 bits per heavy atom. The summed E-state index contributed by atoms with van der Waals surface area (Å²) in [5, 5.41) is 9.62. The Morgan fingerprint density at radius 2 is 1.97 bits per heavy atom. The minimum Gasteiger partial charge on any atom is -0.479 e. The van der Waals surface area contributed by atoms with Crippen molar-refractivity contribution in [1.82, 2.24) is 29.4 Å². The fourth-order valence-electron chi connectivity index (χ4n) is 4.99. The number of pyridine rings is 1. The normalized spacial score (nSPS) is 18.7. The average Bonchev–Trinajstić information content (AvgIpc) is 3.37. The SMILES string of the molecule is COc1ncc(-c2nn(-c3cnn([C@H](C)C4CCN(C)CC4)c3)c3c2CCOCC3)cc1F. The molecule has 1 saturated heterocycles. The molecule has 1 fully saturated rings. The van der Waals surface area contributed by atoms with E-state index in [9.17, 15) is 4.39 Å². The maximum atomic E-state index is 14.4. The highest BCUT2D eigenvalue weighted by atomic mass is 19.1. The lowest BCUT2D eigenvalue weighted by Gasteiger charge is -2.32. The Balaban J connectivity index is 1.49. The lowest BCUT2D eigenvalue weighted by molar-refractivity contribution is 0.145. The zero-order valence-electron chi connectivity index (χ0n) is 19.5. The fourth-order valence-corrected chi connectivity index (χ4v) is 4.99. The molecule has 5 heterocycles. The zero-order chi connectivity index (χ0) is 22.9. The van der Waals surface area contributed by atoms with E-state index >= 15 is 0 Å². The summed E-state index contributed by atoms with van der Waals surface area (Å²) in [4.78, 5) is 6.50. The van der Waals surface area contributed by atoms with Crippen LogP contribution >= 0.6 is 0 Å². The van der Waals surface area contributed by atoms with E-state index in [-0.39, 0.29) is 5.88 Å². The van der Waals surface area contributed by atoms with Crippen LogP contribution in [0.2, 0.25) is 0 Å². The first-order valence-corrected chi connectivity index (χ1v) is 11.7. The highest BCUT2D eigenvalue weighted by molar-refractivity contribution is 5.65. The second kappa shape index (κ2) is 9.23. The van der Waals surface area contributed by atoms with E-state index in [0.717, 1.165) is 48.6 Å². The molecular formula is C24H31FN6O2. The van der Waals surface area contributed by atoms with Gasteiger partial charge in [-0.1, -0.05) is 0 Å². The highest BCUT2D eigenvalue weighted by Crippen LogP contribution is 2.32. The van der Waals surface area contributed by atoms with E-state index in [1.165, 1.54) is 26.0 Å². The maximum Gasteiger partial charge on any atom is 0.250 e. The molecule has 0 amide bonds. The van der Waals surface area contributed by atoms with Gasteiger partial charge >= 0.3 is 0 Å². The Labute approximate surface area is 193 Å². The third-order valence-corrected chi connectivity index (χ3v) is 7.04. The molecule has 0 aliphatic carbocycles. The van der Waals surface area contributed by atoms with Crippen molar-refractivity contribution >= 4 is 0 Å². The summed E-state index contributed by atoms with van der Waals surface area (Å²) in [5.74, 6) is 0.0979. The van der Waals surface area contributed by atoms with Gasteiger partial charge in [-0.15, -0.1) is 0 Å². The minimum atomic E-state index is -0.497. The summed E-state index contributed by atoms with van der Waals surface area (Å²) in [6.07, 6.45) is 9.40. The summed E-state index contributed by atoms with van der Waals surface area (Å²) in [6.45, 7) is 5.76. The molecule has 8 nitrogen and oxygen atoms in total. The van der Waals surface area contributed by atoms with E-state index in [1.807, 2.05) is 10.9 Å². The molecule has 1 atom stereocenters. The molecule has 3 aromatic heterocycles. The predicted octanol–water partition coefficient (Wildman–Crippen LogP) is 3.30. The molecule has 0 radical (unpaired) electrons. The van der Waals surface area contributed by atoms with Crippen LogP contribution in [0.3, 0.4) is 0 Å². The Bertz CT molecular complexity index is 1120. The number of piperidine rings is 1. The molecule has 176 valence electrons. The van der Waals surface area contributed by atoms with Crippen molar-refractivity contribution in [3.05, 3.63) is 41.7 Å². The third-order valence-electron chi connectivity index (χ3n) is 7.04. The standard InChI is InChI=1S/C24H31FN6O2/c1-16(17-4-8-29(2)9-5-17)30-15-19(14-27-30)31-22-7-11-33-10-6-20(22)23(28-31)18-12-21(25)24(32-3)26-13-18/h12-17H,4-11H2,1-3H3/t16-/m1/s1. The van der Waals surface area contributed by atoms with Crippen LogP contribution in [0.1, 0.15) is 37.1 Å². The second-order valence-electron chi connectivity index (χ2n) is 9.07. The number of methoxy groups -OCH3 is 1. The molecule has 0 bridgehead atoms. The molecular weight excluding hydrogens is 423 g/mol. The first kappa shape index (κ1) is 22.0. The number of likely N-dealkylation sites (tertiary alicyclic amines) is 1. The van der Waals surface area contributed by atoms with E-state index in [4.69, 9.17) is 19.7 Å². The number of hydrogen-bond donors (Lipinski definition) is 0. The number of fused-ring (bicyclic) bond motifs is 1. The van der Waals surface area contributed by atoms with Crippen molar-refractivity contribution in [2.75, 3.05) is 40.5 Å². The summed E-state index contributed by atoms with van der Waals surface area (Å²) in [6, 6.07) is 1.76. The Hall–Kier alpha value is -2.78. The van der Waals surface area contributed by atoms with Gasteiger partial charge in [-0.2, -0.15) is 10.2 Å². The first-order valence-electron chi connectivity index (χ1n) is 11.7. The molecule has 0 unspecified atom stereocenters. The Kier molecular flexibility index (Phi) is 6.16. The van der Waals surface area contributed by atoms with E-state index in [2.05, 4.69) is 34.7 Å².